The topological polar surface area (TPSA) is 35.5 Å². The van der Waals surface area contributed by atoms with Gasteiger partial charge in [0.05, 0.1) is 6.61 Å². The highest BCUT2D eigenvalue weighted by Gasteiger charge is 1.98. The minimum Gasteiger partial charge on any atom is -0.435 e. The van der Waals surface area contributed by atoms with E-state index in [-0.39, 0.29) is 6.61 Å². The summed E-state index contributed by atoms with van der Waals surface area (Å²) in [5, 5.41) is 0. The van der Waals surface area contributed by atoms with E-state index < -0.39 is 6.16 Å². The number of carbonyl (C=O) groups is 1. The number of carbonyl (C=O) groups excluding carboxylic acids is 1. The van der Waals surface area contributed by atoms with Gasteiger partial charge in [0.1, 0.15) is 6.61 Å². The Hall–Kier alpha value is -1.29. The third-order valence-electron chi connectivity index (χ3n) is 1.74. The Morgan fingerprint density at radius 3 is 2.62 bits per heavy atom. The van der Waals surface area contributed by atoms with Gasteiger partial charge in [0.25, 0.3) is 0 Å². The molecule has 86 valence electrons. The number of rotatable bonds is 4. The first-order chi connectivity index (χ1) is 7.72. The second-order valence-electron chi connectivity index (χ2n) is 2.95. The zero-order valence-electron chi connectivity index (χ0n) is 8.98. The standard InChI is InChI=1S/C12H13BrO3/c1-2-15-12(14)16-9-3-4-10-5-7-11(13)8-6-10/h3-8H,2,9H2,1H3/b4-3+. The quantitative estimate of drug-likeness (QED) is 0.792. The summed E-state index contributed by atoms with van der Waals surface area (Å²) in [5.74, 6) is 0. The molecule has 1 rings (SSSR count). The van der Waals surface area contributed by atoms with Crippen LogP contribution in [0.1, 0.15) is 12.5 Å². The molecule has 0 saturated heterocycles. The summed E-state index contributed by atoms with van der Waals surface area (Å²) in [5.41, 5.74) is 1.05. The van der Waals surface area contributed by atoms with Crippen LogP contribution in [-0.2, 0) is 9.47 Å². The summed E-state index contributed by atoms with van der Waals surface area (Å²) in [6.45, 7) is 2.28. The lowest BCUT2D eigenvalue weighted by atomic mass is 10.2. The van der Waals surface area contributed by atoms with E-state index in [1.807, 2.05) is 30.3 Å². The number of hydrogen-bond acceptors (Lipinski definition) is 3. The van der Waals surface area contributed by atoms with Crippen LogP contribution in [0.15, 0.2) is 34.8 Å². The molecule has 0 fully saturated rings. The maximum Gasteiger partial charge on any atom is 0.508 e. The number of hydrogen-bond donors (Lipinski definition) is 0. The maximum atomic E-state index is 10.8. The van der Waals surface area contributed by atoms with E-state index in [0.717, 1.165) is 10.0 Å². The predicted molar refractivity (Wildman–Crippen MR) is 66.2 cm³/mol. The Morgan fingerprint density at radius 1 is 1.31 bits per heavy atom. The van der Waals surface area contributed by atoms with Crippen LogP contribution >= 0.6 is 15.9 Å². The van der Waals surface area contributed by atoms with Gasteiger partial charge in [-0.05, 0) is 30.7 Å². The van der Waals surface area contributed by atoms with Crippen molar-refractivity contribution in [3.8, 4) is 0 Å². The Labute approximate surface area is 103 Å². The Kier molecular flexibility index (Phi) is 5.64. The SMILES string of the molecule is CCOC(=O)OC/C=C/c1ccc(Br)cc1. The molecule has 0 unspecified atom stereocenters. The highest BCUT2D eigenvalue weighted by atomic mass is 79.9. The van der Waals surface area contributed by atoms with E-state index >= 15 is 0 Å². The van der Waals surface area contributed by atoms with Crippen molar-refractivity contribution < 1.29 is 14.3 Å². The van der Waals surface area contributed by atoms with Crippen LogP contribution in [0.5, 0.6) is 0 Å². The molecule has 3 nitrogen and oxygen atoms in total. The maximum absolute atomic E-state index is 10.8. The van der Waals surface area contributed by atoms with Crippen LogP contribution in [0, 0.1) is 0 Å². The van der Waals surface area contributed by atoms with Crippen molar-refractivity contribution in [2.24, 2.45) is 0 Å². The van der Waals surface area contributed by atoms with E-state index in [9.17, 15) is 4.79 Å². The van der Waals surface area contributed by atoms with Crippen molar-refractivity contribution in [3.63, 3.8) is 0 Å². The summed E-state index contributed by atoms with van der Waals surface area (Å²) < 4.78 is 10.4. The fourth-order valence-electron chi connectivity index (χ4n) is 1.03. The van der Waals surface area contributed by atoms with Gasteiger partial charge in [-0.1, -0.05) is 34.1 Å². The third kappa shape index (κ3) is 4.98. The molecule has 1 aromatic carbocycles. The summed E-state index contributed by atoms with van der Waals surface area (Å²) in [6, 6.07) is 7.83. The molecule has 0 amide bonds. The fraction of sp³-hybridized carbons (Fsp3) is 0.250. The summed E-state index contributed by atoms with van der Waals surface area (Å²) >= 11 is 3.35. The monoisotopic (exact) mass is 284 g/mol. The van der Waals surface area contributed by atoms with Gasteiger partial charge in [0.2, 0.25) is 0 Å². The Bertz CT molecular complexity index is 357. The molecule has 0 aromatic heterocycles. The van der Waals surface area contributed by atoms with Crippen LogP contribution in [-0.4, -0.2) is 19.4 Å². The molecular weight excluding hydrogens is 272 g/mol. The molecule has 0 aliphatic carbocycles. The molecule has 0 saturated carbocycles. The second kappa shape index (κ2) is 7.06. The van der Waals surface area contributed by atoms with E-state index in [1.54, 1.807) is 13.0 Å². The Morgan fingerprint density at radius 2 is 2.00 bits per heavy atom. The lowest BCUT2D eigenvalue weighted by Crippen LogP contribution is -2.06. The van der Waals surface area contributed by atoms with Gasteiger partial charge in [-0.15, -0.1) is 0 Å². The average molecular weight is 285 g/mol. The van der Waals surface area contributed by atoms with Crippen LogP contribution in [0.25, 0.3) is 6.08 Å². The zero-order valence-corrected chi connectivity index (χ0v) is 10.6. The summed E-state index contributed by atoms with van der Waals surface area (Å²) in [7, 11) is 0. The van der Waals surface area contributed by atoms with Crippen molar-refractivity contribution in [2.45, 2.75) is 6.92 Å². The number of benzene rings is 1. The molecule has 0 N–H and O–H groups in total. The minimum absolute atomic E-state index is 0.217. The minimum atomic E-state index is -0.636. The molecule has 16 heavy (non-hydrogen) atoms. The number of halogens is 1. The molecule has 0 aliphatic heterocycles. The molecule has 0 heterocycles. The van der Waals surface area contributed by atoms with E-state index in [4.69, 9.17) is 4.74 Å². The first-order valence-corrected chi connectivity index (χ1v) is 5.73. The lowest BCUT2D eigenvalue weighted by Gasteiger charge is -2.00. The molecule has 4 heteroatoms. The summed E-state index contributed by atoms with van der Waals surface area (Å²) in [4.78, 5) is 10.8. The predicted octanol–water partition coefficient (Wildman–Crippen LogP) is 3.64. The van der Waals surface area contributed by atoms with Gasteiger partial charge < -0.3 is 9.47 Å². The van der Waals surface area contributed by atoms with E-state index in [1.165, 1.54) is 0 Å². The van der Waals surface area contributed by atoms with Crippen molar-refractivity contribution in [1.82, 2.24) is 0 Å². The van der Waals surface area contributed by atoms with Crippen molar-refractivity contribution >= 4 is 28.2 Å². The smallest absolute Gasteiger partial charge is 0.435 e. The van der Waals surface area contributed by atoms with Gasteiger partial charge in [-0.3, -0.25) is 0 Å². The normalized spacial score (nSPS) is 10.4. The van der Waals surface area contributed by atoms with E-state index in [2.05, 4.69) is 20.7 Å². The third-order valence-corrected chi connectivity index (χ3v) is 2.27. The molecule has 1 aromatic rings. The highest BCUT2D eigenvalue weighted by Crippen LogP contribution is 2.11. The van der Waals surface area contributed by atoms with Crippen LogP contribution < -0.4 is 0 Å². The molecular formula is C12H13BrO3. The Balaban J connectivity index is 2.32. The van der Waals surface area contributed by atoms with Gasteiger partial charge in [0, 0.05) is 4.47 Å². The van der Waals surface area contributed by atoms with Gasteiger partial charge in [0.15, 0.2) is 0 Å². The second-order valence-corrected chi connectivity index (χ2v) is 3.86. The van der Waals surface area contributed by atoms with Crippen LogP contribution in [0.3, 0.4) is 0 Å². The molecule has 0 bridgehead atoms. The van der Waals surface area contributed by atoms with Gasteiger partial charge >= 0.3 is 6.16 Å². The first-order valence-electron chi connectivity index (χ1n) is 4.94. The van der Waals surface area contributed by atoms with Crippen LogP contribution in [0.2, 0.25) is 0 Å². The van der Waals surface area contributed by atoms with E-state index in [0.29, 0.717) is 6.61 Å². The summed E-state index contributed by atoms with van der Waals surface area (Å²) in [6.07, 6.45) is 3.01. The van der Waals surface area contributed by atoms with Crippen molar-refractivity contribution in [2.75, 3.05) is 13.2 Å². The van der Waals surface area contributed by atoms with Crippen molar-refractivity contribution in [3.05, 3.63) is 40.4 Å². The molecule has 0 radical (unpaired) electrons. The molecule has 0 spiro atoms. The average Bonchev–Trinajstić information content (AvgIpc) is 2.27. The molecule has 0 aliphatic rings. The lowest BCUT2D eigenvalue weighted by molar-refractivity contribution is 0.0674. The van der Waals surface area contributed by atoms with Gasteiger partial charge in [-0.25, -0.2) is 4.79 Å². The fourth-order valence-corrected chi connectivity index (χ4v) is 1.30. The van der Waals surface area contributed by atoms with Crippen molar-refractivity contribution in [1.29, 1.82) is 0 Å². The zero-order chi connectivity index (χ0) is 11.8. The van der Waals surface area contributed by atoms with Crippen LogP contribution in [0.4, 0.5) is 4.79 Å². The first kappa shape index (κ1) is 12.8. The highest BCUT2D eigenvalue weighted by molar-refractivity contribution is 9.10. The largest absolute Gasteiger partial charge is 0.508 e. The number of ether oxygens (including phenoxy) is 2. The van der Waals surface area contributed by atoms with Gasteiger partial charge in [-0.2, -0.15) is 0 Å². The molecule has 0 atom stereocenters.